The van der Waals surface area contributed by atoms with Crippen molar-refractivity contribution in [3.8, 4) is 0 Å². The van der Waals surface area contributed by atoms with Crippen molar-refractivity contribution in [3.05, 3.63) is 11.4 Å². The Balaban J connectivity index is 2.56. The van der Waals surface area contributed by atoms with E-state index in [0.29, 0.717) is 6.42 Å². The van der Waals surface area contributed by atoms with E-state index >= 15 is 0 Å². The van der Waals surface area contributed by atoms with E-state index in [2.05, 4.69) is 4.74 Å². The molecular formula is C9H15NO6P+. The van der Waals surface area contributed by atoms with Crippen LogP contribution in [-0.2, 0) is 14.3 Å². The minimum atomic E-state index is -3.43. The first-order valence-electron chi connectivity index (χ1n) is 5.02. The number of hydrogen-bond acceptors (Lipinski definition) is 6. The van der Waals surface area contributed by atoms with Crippen molar-refractivity contribution in [3.63, 3.8) is 0 Å². The van der Waals surface area contributed by atoms with Crippen LogP contribution in [0.2, 0.25) is 0 Å². The van der Waals surface area contributed by atoms with Crippen LogP contribution >= 0.6 is 7.72 Å². The number of aliphatic carboxylic acids is 1. The van der Waals surface area contributed by atoms with Crippen LogP contribution in [0.5, 0.6) is 0 Å². The average molecular weight is 264 g/mol. The third-order valence-corrected chi connectivity index (χ3v) is 3.96. The largest absolute Gasteiger partial charge is 0.480 e. The normalized spacial score (nSPS) is 20.4. The molecule has 0 amide bonds. The Kier molecular flexibility index (Phi) is 4.59. The highest BCUT2D eigenvalue weighted by molar-refractivity contribution is 7.67. The fraction of sp³-hybridized carbons (Fsp3) is 0.556. The molecule has 1 fully saturated rings. The maximum Gasteiger partial charge on any atom is 0.337 e. The van der Waals surface area contributed by atoms with Crippen LogP contribution in [0.25, 0.3) is 0 Å². The van der Waals surface area contributed by atoms with Gasteiger partial charge in [0.05, 0.1) is 12.2 Å². The summed E-state index contributed by atoms with van der Waals surface area (Å²) in [5.41, 5.74) is 5.47. The minimum absolute atomic E-state index is 0.0606. The van der Waals surface area contributed by atoms with Crippen LogP contribution in [0.1, 0.15) is 12.8 Å². The number of carbonyl (C=O) groups is 2. The first kappa shape index (κ1) is 14.1. The molecule has 1 aliphatic rings. The number of esters is 1. The number of carboxylic acid groups (broad SMARTS) is 1. The summed E-state index contributed by atoms with van der Waals surface area (Å²) in [4.78, 5) is 40.8. The first-order chi connectivity index (χ1) is 7.82. The second-order valence-corrected chi connectivity index (χ2v) is 6.06. The number of hydrogen-bond donors (Lipinski definition) is 4. The van der Waals surface area contributed by atoms with E-state index in [1.165, 1.54) is 0 Å². The predicted octanol–water partition coefficient (Wildman–Crippen LogP) is -0.549. The van der Waals surface area contributed by atoms with Gasteiger partial charge >= 0.3 is 11.9 Å². The number of carboxylic acids is 1. The van der Waals surface area contributed by atoms with Crippen molar-refractivity contribution in [1.82, 2.24) is 0 Å². The molecular weight excluding hydrogens is 249 g/mol. The Hall–Kier alpha value is -1.01. The van der Waals surface area contributed by atoms with Crippen LogP contribution in [0, 0.1) is 0 Å². The number of ether oxygens (including phenoxy) is 1. The lowest BCUT2D eigenvalue weighted by atomic mass is 10.2. The smallest absolute Gasteiger partial charge is 0.337 e. The third-order valence-electron chi connectivity index (χ3n) is 2.32. The molecule has 0 saturated carbocycles. The number of rotatable bonds is 5. The minimum Gasteiger partial charge on any atom is -0.480 e. The summed E-state index contributed by atoms with van der Waals surface area (Å²) in [5.74, 6) is -0.658. The molecule has 1 heterocycles. The van der Waals surface area contributed by atoms with Gasteiger partial charge in [0, 0.05) is 12.8 Å². The quantitative estimate of drug-likeness (QED) is 0.298. The Bertz CT molecular complexity index is 353. The molecule has 1 aliphatic heterocycles. The van der Waals surface area contributed by atoms with Gasteiger partial charge in [0.15, 0.2) is 0 Å². The van der Waals surface area contributed by atoms with E-state index < -0.39 is 25.7 Å². The molecule has 7 nitrogen and oxygen atoms in total. The first-order valence-corrected chi connectivity index (χ1v) is 6.97. The third kappa shape index (κ3) is 4.40. The van der Waals surface area contributed by atoms with Crippen molar-refractivity contribution < 1.29 is 29.2 Å². The summed E-state index contributed by atoms with van der Waals surface area (Å²) in [6.07, 6.45) is 0.124. The zero-order valence-electron chi connectivity index (χ0n) is 9.07. The fourth-order valence-corrected chi connectivity index (χ4v) is 2.85. The van der Waals surface area contributed by atoms with Gasteiger partial charge in [-0.05, 0) is 0 Å². The van der Waals surface area contributed by atoms with Gasteiger partial charge in [0.2, 0.25) is 0 Å². The average Bonchev–Trinajstić information content (AvgIpc) is 2.60. The van der Waals surface area contributed by atoms with E-state index in [0.717, 1.165) is 5.82 Å². The molecule has 0 radical (unpaired) electrons. The number of carbonyl (C=O) groups excluding carboxylic acids is 1. The van der Waals surface area contributed by atoms with Gasteiger partial charge in [-0.25, -0.2) is 14.6 Å². The SMILES string of the molecule is N[C@@H](CC[P+](O)(O)/C=C1\CCOC1=O)C(=O)O. The molecule has 0 aromatic carbocycles. The molecule has 0 aliphatic carbocycles. The lowest BCUT2D eigenvalue weighted by Gasteiger charge is -2.10. The van der Waals surface area contributed by atoms with Gasteiger partial charge in [-0.15, -0.1) is 0 Å². The highest BCUT2D eigenvalue weighted by Gasteiger charge is 2.35. The van der Waals surface area contributed by atoms with Gasteiger partial charge in [0.25, 0.3) is 7.72 Å². The summed E-state index contributed by atoms with van der Waals surface area (Å²) < 4.78 is 4.64. The lowest BCUT2D eigenvalue weighted by Crippen LogP contribution is -2.31. The molecule has 1 atom stereocenters. The Morgan fingerprint density at radius 3 is 2.71 bits per heavy atom. The van der Waals surface area contributed by atoms with Crippen molar-refractivity contribution in [2.75, 3.05) is 12.8 Å². The fourth-order valence-electron chi connectivity index (χ4n) is 1.33. The number of cyclic esters (lactones) is 1. The van der Waals surface area contributed by atoms with Crippen molar-refractivity contribution >= 4 is 19.7 Å². The molecule has 8 heteroatoms. The summed E-state index contributed by atoms with van der Waals surface area (Å²) >= 11 is 0. The van der Waals surface area contributed by atoms with E-state index in [9.17, 15) is 19.4 Å². The summed E-state index contributed by atoms with van der Waals surface area (Å²) in [7, 11) is -3.43. The second kappa shape index (κ2) is 5.55. The summed E-state index contributed by atoms with van der Waals surface area (Å²) in [6.45, 7) is 0.235. The standard InChI is InChI=1S/C9H14NO6P/c10-7(8(11)12)2-4-17(14,15)5-6-1-3-16-9(6)13/h5,7,14-15H,1-4,10H2/p+1/b6-5+/t7-/m0/s1. The molecule has 1 rings (SSSR count). The molecule has 17 heavy (non-hydrogen) atoms. The molecule has 0 spiro atoms. The Labute approximate surface area is 98.4 Å². The molecule has 0 bridgehead atoms. The molecule has 96 valence electrons. The zero-order chi connectivity index (χ0) is 13.1. The van der Waals surface area contributed by atoms with E-state index in [1.807, 2.05) is 0 Å². The Morgan fingerprint density at radius 2 is 2.24 bits per heavy atom. The van der Waals surface area contributed by atoms with Gasteiger partial charge in [-0.3, -0.25) is 4.79 Å². The van der Waals surface area contributed by atoms with Crippen LogP contribution in [0.3, 0.4) is 0 Å². The summed E-state index contributed by atoms with van der Waals surface area (Å²) in [5, 5.41) is 8.54. The maximum atomic E-state index is 11.1. The van der Waals surface area contributed by atoms with Crippen LogP contribution in [0.4, 0.5) is 0 Å². The van der Waals surface area contributed by atoms with Gasteiger partial charge in [-0.1, -0.05) is 0 Å². The summed E-state index contributed by atoms with van der Waals surface area (Å²) in [6, 6.07) is -1.14. The van der Waals surface area contributed by atoms with E-state index in [1.54, 1.807) is 0 Å². The van der Waals surface area contributed by atoms with Crippen molar-refractivity contribution in [1.29, 1.82) is 0 Å². The Morgan fingerprint density at radius 1 is 1.59 bits per heavy atom. The van der Waals surface area contributed by atoms with Gasteiger partial charge in [-0.2, -0.15) is 0 Å². The highest BCUT2D eigenvalue weighted by Crippen LogP contribution is 2.53. The van der Waals surface area contributed by atoms with Gasteiger partial charge < -0.3 is 15.6 Å². The zero-order valence-corrected chi connectivity index (χ0v) is 9.97. The van der Waals surface area contributed by atoms with E-state index in [-0.39, 0.29) is 24.8 Å². The molecule has 0 unspecified atom stereocenters. The highest BCUT2D eigenvalue weighted by atomic mass is 31.2. The van der Waals surface area contributed by atoms with Crippen molar-refractivity contribution in [2.45, 2.75) is 18.9 Å². The molecule has 0 aromatic rings. The van der Waals surface area contributed by atoms with Crippen molar-refractivity contribution in [2.24, 2.45) is 5.73 Å². The van der Waals surface area contributed by atoms with E-state index in [4.69, 9.17) is 10.8 Å². The number of nitrogens with two attached hydrogens (primary N) is 1. The maximum absolute atomic E-state index is 11.1. The lowest BCUT2D eigenvalue weighted by molar-refractivity contribution is -0.138. The van der Waals surface area contributed by atoms with Crippen LogP contribution < -0.4 is 5.73 Å². The van der Waals surface area contributed by atoms with Crippen LogP contribution in [0.15, 0.2) is 11.4 Å². The molecule has 5 N–H and O–H groups in total. The molecule has 1 saturated heterocycles. The van der Waals surface area contributed by atoms with Gasteiger partial charge in [0.1, 0.15) is 18.0 Å². The van der Waals surface area contributed by atoms with Crippen LogP contribution in [-0.4, -0.2) is 45.6 Å². The predicted molar refractivity (Wildman–Crippen MR) is 60.1 cm³/mol. The monoisotopic (exact) mass is 264 g/mol. The molecule has 0 aromatic heterocycles. The topological polar surface area (TPSA) is 130 Å². The second-order valence-electron chi connectivity index (χ2n) is 3.78.